The lowest BCUT2D eigenvalue weighted by Crippen LogP contribution is -2.11. The number of para-hydroxylation sites is 3. The zero-order valence-corrected chi connectivity index (χ0v) is 28.4. The molecule has 1 aromatic heterocycles. The molecule has 0 radical (unpaired) electrons. The van der Waals surface area contributed by atoms with E-state index in [4.69, 9.17) is 0 Å². The van der Waals surface area contributed by atoms with Gasteiger partial charge in [0.2, 0.25) is 0 Å². The molecule has 242 valence electrons. The zero-order chi connectivity index (χ0) is 34.1. The lowest BCUT2D eigenvalue weighted by atomic mass is 9.99. The summed E-state index contributed by atoms with van der Waals surface area (Å²) in [5, 5.41) is 2.46. The summed E-state index contributed by atoms with van der Waals surface area (Å²) in [4.78, 5) is 2.41. The van der Waals surface area contributed by atoms with Gasteiger partial charge in [-0.2, -0.15) is 0 Å². The highest BCUT2D eigenvalue weighted by Crippen LogP contribution is 2.44. The topological polar surface area (TPSA) is 8.17 Å². The minimum atomic E-state index is 1.09. The first-order valence-electron chi connectivity index (χ1n) is 17.5. The molecule has 0 amide bonds. The smallest absolute Gasteiger partial charge is 0.0562 e. The zero-order valence-electron chi connectivity index (χ0n) is 28.4. The van der Waals surface area contributed by atoms with Gasteiger partial charge < -0.3 is 9.47 Å². The van der Waals surface area contributed by atoms with Crippen molar-refractivity contribution in [3.63, 3.8) is 0 Å². The van der Waals surface area contributed by atoms with Crippen molar-refractivity contribution in [1.82, 2.24) is 4.57 Å². The molecule has 2 nitrogen and oxygen atoms in total. The van der Waals surface area contributed by atoms with Crippen molar-refractivity contribution in [2.45, 2.75) is 6.92 Å². The molecule has 0 aliphatic rings. The number of hydrogen-bond donors (Lipinski definition) is 0. The third-order valence-electron chi connectivity index (χ3n) is 9.96. The first kappa shape index (κ1) is 30.4. The maximum Gasteiger partial charge on any atom is 0.0562 e. The van der Waals surface area contributed by atoms with E-state index in [1.165, 1.54) is 60.9 Å². The number of anilines is 3. The monoisotopic (exact) mass is 652 g/mol. The molecule has 0 N–H and O–H groups in total. The Hall–Kier alpha value is -6.64. The Morgan fingerprint density at radius 2 is 0.922 bits per heavy atom. The quantitative estimate of drug-likeness (QED) is 0.166. The second kappa shape index (κ2) is 13.0. The molecule has 1 heterocycles. The molecule has 9 aromatic rings. The molecular weight excluding hydrogens is 617 g/mol. The summed E-state index contributed by atoms with van der Waals surface area (Å²) >= 11 is 0. The molecule has 0 saturated carbocycles. The maximum atomic E-state index is 2.45. The molecule has 51 heavy (non-hydrogen) atoms. The predicted octanol–water partition coefficient (Wildman–Crippen LogP) is 13.6. The highest BCUT2D eigenvalue weighted by atomic mass is 15.1. The molecule has 0 bridgehead atoms. The van der Waals surface area contributed by atoms with Crippen LogP contribution in [0.5, 0.6) is 0 Å². The summed E-state index contributed by atoms with van der Waals surface area (Å²) in [5.41, 5.74) is 15.3. The molecule has 0 aliphatic heterocycles. The van der Waals surface area contributed by atoms with Crippen molar-refractivity contribution < 1.29 is 0 Å². The second-order valence-electron chi connectivity index (χ2n) is 13.0. The van der Waals surface area contributed by atoms with Gasteiger partial charge >= 0.3 is 0 Å². The molecule has 0 atom stereocenters. The Morgan fingerprint density at radius 1 is 0.373 bits per heavy atom. The van der Waals surface area contributed by atoms with Crippen LogP contribution < -0.4 is 4.90 Å². The van der Waals surface area contributed by atoms with Gasteiger partial charge in [0, 0.05) is 33.3 Å². The Morgan fingerprint density at radius 3 is 1.69 bits per heavy atom. The molecule has 2 heteroatoms. The van der Waals surface area contributed by atoms with E-state index in [1.54, 1.807) is 0 Å². The molecule has 9 rings (SSSR count). The second-order valence-corrected chi connectivity index (χ2v) is 13.0. The van der Waals surface area contributed by atoms with Crippen molar-refractivity contribution in [3.8, 4) is 39.1 Å². The van der Waals surface area contributed by atoms with Crippen LogP contribution in [0.4, 0.5) is 17.1 Å². The summed E-state index contributed by atoms with van der Waals surface area (Å²) in [5.74, 6) is 0. The standard InChI is InChI=1S/C49H36N2/c1-35-16-8-9-21-41(35)43-23-11-14-26-47(43)51-48-27-15-12-24-44(48)45-33-32-40(34-49(45)51)50(39-30-28-37(29-31-39)36-17-4-2-5-18-36)46-25-13-10-22-42(46)38-19-6-3-7-20-38/h2-34H,1H3. The van der Waals surface area contributed by atoms with Crippen molar-refractivity contribution in [2.24, 2.45) is 0 Å². The van der Waals surface area contributed by atoms with Crippen molar-refractivity contribution in [3.05, 3.63) is 206 Å². The van der Waals surface area contributed by atoms with Crippen LogP contribution in [0.3, 0.4) is 0 Å². The fraction of sp³-hybridized carbons (Fsp3) is 0.0204. The Balaban J connectivity index is 1.30. The third kappa shape index (κ3) is 5.48. The van der Waals surface area contributed by atoms with Crippen LogP contribution in [0.15, 0.2) is 200 Å². The van der Waals surface area contributed by atoms with Gasteiger partial charge in [-0.3, -0.25) is 0 Å². The molecule has 0 saturated heterocycles. The molecular formula is C49H36N2. The van der Waals surface area contributed by atoms with Crippen LogP contribution >= 0.6 is 0 Å². The SMILES string of the molecule is Cc1ccccc1-c1ccccc1-n1c2ccccc2c2ccc(N(c3ccc(-c4ccccc4)cc3)c3ccccc3-c3ccccc3)cc21. The lowest BCUT2D eigenvalue weighted by molar-refractivity contribution is 1.18. The van der Waals surface area contributed by atoms with E-state index in [0.29, 0.717) is 0 Å². The van der Waals surface area contributed by atoms with Crippen LogP contribution in [0.25, 0.3) is 60.9 Å². The normalized spacial score (nSPS) is 11.2. The minimum Gasteiger partial charge on any atom is -0.310 e. The van der Waals surface area contributed by atoms with Crippen molar-refractivity contribution >= 4 is 38.9 Å². The van der Waals surface area contributed by atoms with E-state index in [2.05, 4.69) is 217 Å². The van der Waals surface area contributed by atoms with Crippen LogP contribution in [-0.2, 0) is 0 Å². The number of aromatic nitrogens is 1. The third-order valence-corrected chi connectivity index (χ3v) is 9.96. The van der Waals surface area contributed by atoms with Gasteiger partial charge in [0.15, 0.2) is 0 Å². The average molecular weight is 653 g/mol. The van der Waals surface area contributed by atoms with E-state index in [1.807, 2.05) is 0 Å². The summed E-state index contributed by atoms with van der Waals surface area (Å²) in [6, 6.07) is 72.2. The molecule has 0 unspecified atom stereocenters. The summed E-state index contributed by atoms with van der Waals surface area (Å²) in [6.07, 6.45) is 0. The van der Waals surface area contributed by atoms with Gasteiger partial charge in [-0.05, 0) is 77.2 Å². The number of nitrogens with zero attached hydrogens (tertiary/aromatic N) is 2. The summed E-state index contributed by atoms with van der Waals surface area (Å²) in [6.45, 7) is 2.20. The summed E-state index contributed by atoms with van der Waals surface area (Å²) in [7, 11) is 0. The molecule has 8 aromatic carbocycles. The van der Waals surface area contributed by atoms with E-state index in [0.717, 1.165) is 22.6 Å². The number of fused-ring (bicyclic) bond motifs is 3. The number of benzene rings is 8. The largest absolute Gasteiger partial charge is 0.310 e. The number of aryl methyl sites for hydroxylation is 1. The molecule has 0 fully saturated rings. The Kier molecular flexibility index (Phi) is 7.75. The van der Waals surface area contributed by atoms with E-state index >= 15 is 0 Å². The van der Waals surface area contributed by atoms with Gasteiger partial charge in [-0.15, -0.1) is 0 Å². The lowest BCUT2D eigenvalue weighted by Gasteiger charge is -2.28. The van der Waals surface area contributed by atoms with Gasteiger partial charge in [-0.25, -0.2) is 0 Å². The Labute approximate surface area is 299 Å². The molecule has 0 aliphatic carbocycles. The van der Waals surface area contributed by atoms with Crippen LogP contribution in [-0.4, -0.2) is 4.57 Å². The number of rotatable bonds is 7. The first-order chi connectivity index (χ1) is 25.2. The van der Waals surface area contributed by atoms with Gasteiger partial charge in [0.25, 0.3) is 0 Å². The van der Waals surface area contributed by atoms with Crippen LogP contribution in [0, 0.1) is 6.92 Å². The van der Waals surface area contributed by atoms with E-state index < -0.39 is 0 Å². The minimum absolute atomic E-state index is 1.09. The van der Waals surface area contributed by atoms with Crippen molar-refractivity contribution in [1.29, 1.82) is 0 Å². The van der Waals surface area contributed by atoms with Crippen LogP contribution in [0.2, 0.25) is 0 Å². The van der Waals surface area contributed by atoms with E-state index in [-0.39, 0.29) is 0 Å². The highest BCUT2D eigenvalue weighted by molar-refractivity contribution is 6.11. The fourth-order valence-corrected chi connectivity index (χ4v) is 7.52. The maximum absolute atomic E-state index is 2.45. The summed E-state index contributed by atoms with van der Waals surface area (Å²) < 4.78 is 2.45. The van der Waals surface area contributed by atoms with E-state index in [9.17, 15) is 0 Å². The fourth-order valence-electron chi connectivity index (χ4n) is 7.52. The van der Waals surface area contributed by atoms with Crippen molar-refractivity contribution in [2.75, 3.05) is 4.90 Å². The van der Waals surface area contributed by atoms with Gasteiger partial charge in [-0.1, -0.05) is 158 Å². The highest BCUT2D eigenvalue weighted by Gasteiger charge is 2.21. The molecule has 0 spiro atoms. The van der Waals surface area contributed by atoms with Crippen LogP contribution in [0.1, 0.15) is 5.56 Å². The predicted molar refractivity (Wildman–Crippen MR) is 217 cm³/mol. The van der Waals surface area contributed by atoms with Gasteiger partial charge in [0.05, 0.1) is 22.4 Å². The average Bonchev–Trinajstić information content (AvgIpc) is 3.53. The first-order valence-corrected chi connectivity index (χ1v) is 17.5. The van der Waals surface area contributed by atoms with Gasteiger partial charge in [0.1, 0.15) is 0 Å². The number of hydrogen-bond acceptors (Lipinski definition) is 1. The Bertz CT molecular complexity index is 2630.